The summed E-state index contributed by atoms with van der Waals surface area (Å²) >= 11 is 0. The molecule has 112 valence electrons. The van der Waals surface area contributed by atoms with Gasteiger partial charge in [0.2, 0.25) is 5.95 Å². The van der Waals surface area contributed by atoms with Crippen molar-refractivity contribution >= 4 is 15.8 Å². The maximum Gasteiger partial charge on any atom is 0.225 e. The number of anilines is 1. The van der Waals surface area contributed by atoms with Crippen LogP contribution in [0.5, 0.6) is 0 Å². The lowest BCUT2D eigenvalue weighted by Gasteiger charge is -2.17. The Labute approximate surface area is 120 Å². The molecule has 1 saturated carbocycles. The zero-order chi connectivity index (χ0) is 14.8. The highest BCUT2D eigenvalue weighted by molar-refractivity contribution is 7.90. The SMILES string of the molecule is Cc1nc(N(C)CCS(C)(=O)=O)ncc1CNC1CC1. The Kier molecular flexibility index (Phi) is 4.59. The highest BCUT2D eigenvalue weighted by Gasteiger charge is 2.20. The van der Waals surface area contributed by atoms with E-state index in [9.17, 15) is 8.42 Å². The van der Waals surface area contributed by atoms with Gasteiger partial charge in [-0.1, -0.05) is 0 Å². The summed E-state index contributed by atoms with van der Waals surface area (Å²) in [4.78, 5) is 10.5. The standard InChI is InChI=1S/C13H22N4O2S/c1-10-11(8-14-12-4-5-12)9-15-13(16-10)17(2)6-7-20(3,18)19/h9,12,14H,4-8H2,1-3H3. The molecule has 0 radical (unpaired) electrons. The first-order valence-corrected chi connectivity index (χ1v) is 8.86. The van der Waals surface area contributed by atoms with Crippen LogP contribution in [0, 0.1) is 6.92 Å². The molecule has 0 saturated heterocycles. The minimum atomic E-state index is -2.96. The van der Waals surface area contributed by atoms with Crippen molar-refractivity contribution < 1.29 is 8.42 Å². The van der Waals surface area contributed by atoms with E-state index >= 15 is 0 Å². The van der Waals surface area contributed by atoms with Gasteiger partial charge >= 0.3 is 0 Å². The number of nitrogens with one attached hydrogen (secondary N) is 1. The molecule has 0 atom stereocenters. The Bertz CT molecular complexity index is 570. The van der Waals surface area contributed by atoms with Gasteiger partial charge < -0.3 is 10.2 Å². The summed E-state index contributed by atoms with van der Waals surface area (Å²) in [5.74, 6) is 0.679. The number of rotatable bonds is 7. The number of aryl methyl sites for hydroxylation is 1. The van der Waals surface area contributed by atoms with Gasteiger partial charge in [-0.3, -0.25) is 0 Å². The smallest absolute Gasteiger partial charge is 0.225 e. The summed E-state index contributed by atoms with van der Waals surface area (Å²) in [6.45, 7) is 3.15. The van der Waals surface area contributed by atoms with Gasteiger partial charge in [-0.15, -0.1) is 0 Å². The molecule has 1 aliphatic carbocycles. The number of nitrogens with zero attached hydrogens (tertiary/aromatic N) is 3. The summed E-state index contributed by atoms with van der Waals surface area (Å²) in [5.41, 5.74) is 2.03. The van der Waals surface area contributed by atoms with Crippen molar-refractivity contribution in [3.63, 3.8) is 0 Å². The van der Waals surface area contributed by atoms with Crippen LogP contribution in [0.1, 0.15) is 24.1 Å². The second-order valence-corrected chi connectivity index (χ2v) is 7.75. The van der Waals surface area contributed by atoms with Gasteiger partial charge in [0.05, 0.1) is 5.75 Å². The first-order chi connectivity index (χ1) is 9.35. The number of aromatic nitrogens is 2. The van der Waals surface area contributed by atoms with Gasteiger partial charge in [0.15, 0.2) is 0 Å². The molecule has 1 aromatic heterocycles. The van der Waals surface area contributed by atoms with Crippen LogP contribution in [0.25, 0.3) is 0 Å². The van der Waals surface area contributed by atoms with E-state index in [0.29, 0.717) is 18.5 Å². The molecule has 6 nitrogen and oxygen atoms in total. The van der Waals surface area contributed by atoms with Gasteiger partial charge in [-0.25, -0.2) is 18.4 Å². The average Bonchev–Trinajstić information content (AvgIpc) is 3.17. The van der Waals surface area contributed by atoms with Gasteiger partial charge in [0, 0.05) is 49.9 Å². The first-order valence-electron chi connectivity index (χ1n) is 6.80. The van der Waals surface area contributed by atoms with Crippen molar-refractivity contribution in [2.24, 2.45) is 0 Å². The molecule has 0 aliphatic heterocycles. The van der Waals surface area contributed by atoms with Crippen LogP contribution in [0.4, 0.5) is 5.95 Å². The van der Waals surface area contributed by atoms with E-state index in [0.717, 1.165) is 17.8 Å². The molecule has 0 unspecified atom stereocenters. The summed E-state index contributed by atoms with van der Waals surface area (Å²) in [6.07, 6.45) is 5.57. The second kappa shape index (κ2) is 6.05. The molecule has 20 heavy (non-hydrogen) atoms. The van der Waals surface area contributed by atoms with Crippen LogP contribution in [0.15, 0.2) is 6.20 Å². The maximum absolute atomic E-state index is 11.2. The van der Waals surface area contributed by atoms with E-state index in [1.165, 1.54) is 19.1 Å². The molecular formula is C13H22N4O2S. The number of hydrogen-bond acceptors (Lipinski definition) is 6. The fourth-order valence-corrected chi connectivity index (χ4v) is 2.39. The van der Waals surface area contributed by atoms with Gasteiger partial charge in [-0.2, -0.15) is 0 Å². The molecule has 7 heteroatoms. The van der Waals surface area contributed by atoms with Gasteiger partial charge in [-0.05, 0) is 19.8 Å². The second-order valence-electron chi connectivity index (χ2n) is 5.49. The molecule has 0 aromatic carbocycles. The third-order valence-corrected chi connectivity index (χ3v) is 4.29. The highest BCUT2D eigenvalue weighted by atomic mass is 32.2. The Morgan fingerprint density at radius 1 is 1.45 bits per heavy atom. The van der Waals surface area contributed by atoms with E-state index < -0.39 is 9.84 Å². The van der Waals surface area contributed by atoms with E-state index in [-0.39, 0.29) is 5.75 Å². The van der Waals surface area contributed by atoms with Gasteiger partial charge in [0.1, 0.15) is 9.84 Å². The van der Waals surface area contributed by atoms with E-state index in [2.05, 4.69) is 15.3 Å². The molecule has 1 aliphatic rings. The Balaban J connectivity index is 1.95. The minimum Gasteiger partial charge on any atom is -0.343 e. The predicted molar refractivity (Wildman–Crippen MR) is 79.6 cm³/mol. The van der Waals surface area contributed by atoms with Crippen LogP contribution < -0.4 is 10.2 Å². The van der Waals surface area contributed by atoms with Gasteiger partial charge in [0.25, 0.3) is 0 Å². The largest absolute Gasteiger partial charge is 0.343 e. The van der Waals surface area contributed by atoms with Crippen molar-refractivity contribution in [2.75, 3.05) is 30.5 Å². The molecule has 1 N–H and O–H groups in total. The normalized spacial score (nSPS) is 15.3. The summed E-state index contributed by atoms with van der Waals surface area (Å²) in [7, 11) is -1.16. The predicted octanol–water partition coefficient (Wildman–Crippen LogP) is 0.518. The van der Waals surface area contributed by atoms with Crippen LogP contribution in [-0.2, 0) is 16.4 Å². The lowest BCUT2D eigenvalue weighted by molar-refractivity contribution is 0.600. The zero-order valence-corrected chi connectivity index (χ0v) is 13.1. The summed E-state index contributed by atoms with van der Waals surface area (Å²) in [6, 6.07) is 0.659. The Morgan fingerprint density at radius 3 is 2.70 bits per heavy atom. The Hall–Kier alpha value is -1.21. The molecule has 0 spiro atoms. The van der Waals surface area contributed by atoms with Crippen molar-refractivity contribution in [1.82, 2.24) is 15.3 Å². The van der Waals surface area contributed by atoms with Crippen LogP contribution in [0.3, 0.4) is 0 Å². The lowest BCUT2D eigenvalue weighted by Crippen LogP contribution is -2.27. The monoisotopic (exact) mass is 298 g/mol. The highest BCUT2D eigenvalue weighted by Crippen LogP contribution is 2.19. The third kappa shape index (κ3) is 4.72. The fraction of sp³-hybridized carbons (Fsp3) is 0.692. The van der Waals surface area contributed by atoms with Crippen LogP contribution in [-0.4, -0.2) is 50.0 Å². The maximum atomic E-state index is 11.2. The van der Waals surface area contributed by atoms with Crippen molar-refractivity contribution in [3.05, 3.63) is 17.5 Å². The molecular weight excluding hydrogens is 276 g/mol. The van der Waals surface area contributed by atoms with E-state index in [4.69, 9.17) is 0 Å². The molecule has 1 heterocycles. The fourth-order valence-electron chi connectivity index (χ4n) is 1.78. The van der Waals surface area contributed by atoms with Crippen LogP contribution >= 0.6 is 0 Å². The van der Waals surface area contributed by atoms with E-state index in [1.807, 2.05) is 20.2 Å². The molecule has 1 fully saturated rings. The lowest BCUT2D eigenvalue weighted by atomic mass is 10.2. The van der Waals surface area contributed by atoms with Crippen LogP contribution in [0.2, 0.25) is 0 Å². The van der Waals surface area contributed by atoms with Crippen molar-refractivity contribution in [3.8, 4) is 0 Å². The average molecular weight is 298 g/mol. The first kappa shape index (κ1) is 15.2. The minimum absolute atomic E-state index is 0.108. The van der Waals surface area contributed by atoms with Crippen molar-refractivity contribution in [1.29, 1.82) is 0 Å². The molecule has 0 amide bonds. The molecule has 0 bridgehead atoms. The summed E-state index contributed by atoms with van der Waals surface area (Å²) in [5, 5.41) is 3.43. The summed E-state index contributed by atoms with van der Waals surface area (Å²) < 4.78 is 22.3. The molecule has 2 rings (SSSR count). The Morgan fingerprint density at radius 2 is 2.15 bits per heavy atom. The topological polar surface area (TPSA) is 75.2 Å². The quantitative estimate of drug-likeness (QED) is 0.791. The zero-order valence-electron chi connectivity index (χ0n) is 12.3. The van der Waals surface area contributed by atoms with Crippen molar-refractivity contribution in [2.45, 2.75) is 32.4 Å². The third-order valence-electron chi connectivity index (χ3n) is 3.37. The number of sulfone groups is 1. The molecule has 1 aromatic rings. The number of hydrogen-bond donors (Lipinski definition) is 1. The van der Waals surface area contributed by atoms with E-state index in [1.54, 1.807) is 4.90 Å².